The van der Waals surface area contributed by atoms with Crippen molar-refractivity contribution in [1.82, 2.24) is 14.9 Å². The van der Waals surface area contributed by atoms with Crippen molar-refractivity contribution in [3.63, 3.8) is 0 Å². The quantitative estimate of drug-likeness (QED) is 0.375. The Morgan fingerprint density at radius 2 is 1.74 bits per heavy atom. The molecule has 5 rings (SSSR count). The number of para-hydroxylation sites is 1. The molecule has 0 fully saturated rings. The van der Waals surface area contributed by atoms with E-state index >= 15 is 0 Å². The summed E-state index contributed by atoms with van der Waals surface area (Å²) in [6.07, 6.45) is 2.58. The van der Waals surface area contributed by atoms with Crippen LogP contribution >= 0.6 is 0 Å². The van der Waals surface area contributed by atoms with Gasteiger partial charge in [-0.1, -0.05) is 29.8 Å². The summed E-state index contributed by atoms with van der Waals surface area (Å²) in [5.41, 5.74) is 4.61. The van der Waals surface area contributed by atoms with E-state index in [0.29, 0.717) is 22.3 Å². The molecule has 7 nitrogen and oxygen atoms in total. The van der Waals surface area contributed by atoms with E-state index in [1.807, 2.05) is 49.4 Å². The number of hydrogen-bond donors (Lipinski definition) is 4. The number of H-pyrrole nitrogens is 1. The van der Waals surface area contributed by atoms with Crippen LogP contribution in [0.5, 0.6) is 0 Å². The smallest absolute Gasteiger partial charge is 0.259 e. The topological polar surface area (TPSA) is 107 Å². The molecule has 0 radical (unpaired) electrons. The third-order valence-electron chi connectivity index (χ3n) is 5.71. The molecular formula is C24H21N3O4. The minimum absolute atomic E-state index is 0.168. The van der Waals surface area contributed by atoms with Crippen molar-refractivity contribution >= 4 is 44.8 Å². The van der Waals surface area contributed by atoms with Gasteiger partial charge in [-0.3, -0.25) is 14.9 Å². The molecule has 4 aromatic rings. The first-order valence-corrected chi connectivity index (χ1v) is 10.0. The maximum absolute atomic E-state index is 12.9. The number of aromatic amines is 1. The molecule has 0 saturated heterocycles. The molecule has 3 heterocycles. The van der Waals surface area contributed by atoms with Gasteiger partial charge in [-0.15, -0.1) is 0 Å². The Balaban J connectivity index is 1.80. The van der Waals surface area contributed by atoms with Crippen LogP contribution in [-0.2, 0) is 16.1 Å². The zero-order valence-electron chi connectivity index (χ0n) is 16.8. The van der Waals surface area contributed by atoms with Gasteiger partial charge in [0.05, 0.1) is 30.4 Å². The van der Waals surface area contributed by atoms with Crippen LogP contribution in [-0.4, -0.2) is 44.3 Å². The summed E-state index contributed by atoms with van der Waals surface area (Å²) < 4.78 is 1.81. The average molecular weight is 415 g/mol. The molecule has 31 heavy (non-hydrogen) atoms. The van der Waals surface area contributed by atoms with Crippen molar-refractivity contribution in [2.45, 2.75) is 19.6 Å². The molecule has 7 heteroatoms. The van der Waals surface area contributed by atoms with Crippen molar-refractivity contribution in [3.05, 3.63) is 71.5 Å². The molecule has 1 unspecified atom stereocenters. The standard InChI is InChI=1S/C24H21N3O4/c1-13-6-7-20-16(8-13)18(11-27(20)10-14(29)12-28)22-21(23(30)26-24(22)31)17-9-25-19-5-3-2-4-15(17)19/h2-9,11,14,25,28-29H,10,12H2,1H3,(H,26,30,31). The number of imide groups is 1. The highest BCUT2D eigenvalue weighted by atomic mass is 16.3. The van der Waals surface area contributed by atoms with Crippen molar-refractivity contribution < 1.29 is 19.8 Å². The van der Waals surface area contributed by atoms with Gasteiger partial charge in [-0.05, 0) is 25.1 Å². The largest absolute Gasteiger partial charge is 0.394 e. The zero-order chi connectivity index (χ0) is 21.7. The second-order valence-corrected chi connectivity index (χ2v) is 7.83. The summed E-state index contributed by atoms with van der Waals surface area (Å²) >= 11 is 0. The third kappa shape index (κ3) is 3.06. The van der Waals surface area contributed by atoms with E-state index in [4.69, 9.17) is 0 Å². The molecule has 0 spiro atoms. The fourth-order valence-corrected chi connectivity index (χ4v) is 4.29. The number of amides is 2. The molecular weight excluding hydrogens is 394 g/mol. The highest BCUT2D eigenvalue weighted by Gasteiger charge is 2.35. The highest BCUT2D eigenvalue weighted by Crippen LogP contribution is 2.38. The van der Waals surface area contributed by atoms with Crippen LogP contribution in [0.15, 0.2) is 54.9 Å². The summed E-state index contributed by atoms with van der Waals surface area (Å²) in [7, 11) is 0. The number of carbonyl (C=O) groups is 2. The number of aromatic nitrogens is 2. The highest BCUT2D eigenvalue weighted by molar-refractivity contribution is 6.50. The van der Waals surface area contributed by atoms with Crippen LogP contribution < -0.4 is 5.32 Å². The van der Waals surface area contributed by atoms with Crippen LogP contribution in [0.2, 0.25) is 0 Å². The predicted molar refractivity (Wildman–Crippen MR) is 118 cm³/mol. The van der Waals surface area contributed by atoms with Crippen LogP contribution in [0.25, 0.3) is 33.0 Å². The van der Waals surface area contributed by atoms with Gasteiger partial charge in [0.25, 0.3) is 11.8 Å². The number of nitrogens with one attached hydrogen (secondary N) is 2. The van der Waals surface area contributed by atoms with Gasteiger partial charge in [0, 0.05) is 45.3 Å². The minimum atomic E-state index is -0.939. The number of rotatable bonds is 5. The summed E-state index contributed by atoms with van der Waals surface area (Å²) in [5.74, 6) is -0.887. The van der Waals surface area contributed by atoms with E-state index in [-0.39, 0.29) is 13.2 Å². The molecule has 0 bridgehead atoms. The van der Waals surface area contributed by atoms with E-state index in [1.54, 1.807) is 17.0 Å². The van der Waals surface area contributed by atoms with Gasteiger partial charge in [0.2, 0.25) is 0 Å². The van der Waals surface area contributed by atoms with Gasteiger partial charge in [-0.25, -0.2) is 0 Å². The number of aryl methyl sites for hydroxylation is 1. The van der Waals surface area contributed by atoms with Crippen LogP contribution in [0.4, 0.5) is 0 Å². The van der Waals surface area contributed by atoms with Crippen molar-refractivity contribution in [2.75, 3.05) is 6.61 Å². The minimum Gasteiger partial charge on any atom is -0.394 e. The van der Waals surface area contributed by atoms with E-state index in [9.17, 15) is 19.8 Å². The lowest BCUT2D eigenvalue weighted by Crippen LogP contribution is -2.22. The van der Waals surface area contributed by atoms with Crippen LogP contribution in [0, 0.1) is 6.92 Å². The van der Waals surface area contributed by atoms with E-state index in [0.717, 1.165) is 27.4 Å². The monoisotopic (exact) mass is 415 g/mol. The lowest BCUT2D eigenvalue weighted by molar-refractivity contribution is -0.122. The lowest BCUT2D eigenvalue weighted by atomic mass is 9.95. The van der Waals surface area contributed by atoms with Crippen LogP contribution in [0.3, 0.4) is 0 Å². The van der Waals surface area contributed by atoms with Gasteiger partial charge in [0.1, 0.15) is 0 Å². The van der Waals surface area contributed by atoms with Crippen LogP contribution in [0.1, 0.15) is 16.7 Å². The van der Waals surface area contributed by atoms with Gasteiger partial charge in [-0.2, -0.15) is 0 Å². The van der Waals surface area contributed by atoms with E-state index < -0.39 is 17.9 Å². The SMILES string of the molecule is Cc1ccc2c(c1)c(C1=C(c3c[nH]c4ccccc34)C(=O)NC1=O)cn2CC(O)CO. The lowest BCUT2D eigenvalue weighted by Gasteiger charge is -2.09. The van der Waals surface area contributed by atoms with Gasteiger partial charge < -0.3 is 19.8 Å². The molecule has 4 N–H and O–H groups in total. The Labute approximate surface area is 177 Å². The summed E-state index contributed by atoms with van der Waals surface area (Å²) in [4.78, 5) is 29.0. The number of fused-ring (bicyclic) bond motifs is 2. The molecule has 156 valence electrons. The number of aliphatic hydroxyl groups is 2. The van der Waals surface area contributed by atoms with E-state index in [1.165, 1.54) is 0 Å². The molecule has 1 atom stereocenters. The second-order valence-electron chi connectivity index (χ2n) is 7.83. The first-order chi connectivity index (χ1) is 15.0. The zero-order valence-corrected chi connectivity index (χ0v) is 16.8. The van der Waals surface area contributed by atoms with Crippen molar-refractivity contribution in [2.24, 2.45) is 0 Å². The maximum Gasteiger partial charge on any atom is 0.259 e. The molecule has 1 aliphatic heterocycles. The number of aliphatic hydroxyl groups excluding tert-OH is 2. The Bertz CT molecular complexity index is 1390. The first kappa shape index (κ1) is 19.3. The van der Waals surface area contributed by atoms with Gasteiger partial charge in [0.15, 0.2) is 0 Å². The first-order valence-electron chi connectivity index (χ1n) is 10.0. The van der Waals surface area contributed by atoms with Crippen molar-refractivity contribution in [1.29, 1.82) is 0 Å². The Morgan fingerprint density at radius 3 is 2.52 bits per heavy atom. The number of benzene rings is 2. The summed E-state index contributed by atoms with van der Waals surface area (Å²) in [6, 6.07) is 13.4. The number of nitrogens with zero attached hydrogens (tertiary/aromatic N) is 1. The van der Waals surface area contributed by atoms with Gasteiger partial charge >= 0.3 is 0 Å². The molecule has 1 aliphatic rings. The summed E-state index contributed by atoms with van der Waals surface area (Å²) in [6.45, 7) is 1.75. The fourth-order valence-electron chi connectivity index (χ4n) is 4.29. The van der Waals surface area contributed by atoms with E-state index in [2.05, 4.69) is 10.3 Å². The Hall–Kier alpha value is -3.68. The molecule has 2 aromatic heterocycles. The average Bonchev–Trinajstić information content (AvgIpc) is 3.41. The molecule has 2 amide bonds. The predicted octanol–water partition coefficient (Wildman–Crippen LogP) is 2.35. The van der Waals surface area contributed by atoms with Crippen molar-refractivity contribution in [3.8, 4) is 0 Å². The normalized spacial score (nSPS) is 15.3. The third-order valence-corrected chi connectivity index (χ3v) is 5.71. The summed E-state index contributed by atoms with van der Waals surface area (Å²) in [5, 5.41) is 23.4. The second kappa shape index (κ2) is 7.23. The number of hydrogen-bond acceptors (Lipinski definition) is 4. The number of carbonyl (C=O) groups excluding carboxylic acids is 2. The molecule has 2 aromatic carbocycles. The maximum atomic E-state index is 12.9. The fraction of sp³-hybridized carbons (Fsp3) is 0.167. The molecule has 0 aliphatic carbocycles. The Kier molecular flexibility index (Phi) is 4.50. The Morgan fingerprint density at radius 1 is 1.00 bits per heavy atom. The molecule has 0 saturated carbocycles.